The summed E-state index contributed by atoms with van der Waals surface area (Å²) in [7, 11) is 0. The maximum absolute atomic E-state index is 5.96. The topological polar surface area (TPSA) is 51.1 Å². The van der Waals surface area contributed by atoms with E-state index in [-0.39, 0.29) is 0 Å². The molecule has 1 saturated heterocycles. The molecule has 0 aliphatic carbocycles. The summed E-state index contributed by atoms with van der Waals surface area (Å²) in [5.41, 5.74) is 4.46. The summed E-state index contributed by atoms with van der Waals surface area (Å²) in [6, 6.07) is 16.7. The van der Waals surface area contributed by atoms with E-state index >= 15 is 0 Å². The van der Waals surface area contributed by atoms with Crippen molar-refractivity contribution in [2.75, 3.05) is 19.6 Å². The normalized spacial score (nSPS) is 15.4. The maximum atomic E-state index is 5.96. The van der Waals surface area contributed by atoms with Crippen LogP contribution in [0.5, 0.6) is 10.9 Å². The lowest BCUT2D eigenvalue weighted by atomic mass is 9.93. The highest BCUT2D eigenvalue weighted by molar-refractivity contribution is 7.20. The molecule has 0 N–H and O–H groups in total. The van der Waals surface area contributed by atoms with E-state index in [2.05, 4.69) is 50.2 Å². The zero-order chi connectivity index (χ0) is 21.0. The summed E-state index contributed by atoms with van der Waals surface area (Å²) in [4.78, 5) is 15.9. The van der Waals surface area contributed by atoms with Crippen molar-refractivity contribution in [3.8, 4) is 10.9 Å². The van der Waals surface area contributed by atoms with Gasteiger partial charge in [-0.25, -0.2) is 4.98 Å². The number of rotatable bonds is 6. The van der Waals surface area contributed by atoms with Crippen molar-refractivity contribution in [1.29, 1.82) is 0 Å². The summed E-state index contributed by atoms with van der Waals surface area (Å²) in [5.74, 6) is 1.42. The average molecular weight is 431 g/mol. The van der Waals surface area contributed by atoms with E-state index in [1.807, 2.05) is 37.5 Å². The van der Waals surface area contributed by atoms with Gasteiger partial charge >= 0.3 is 0 Å². The molecule has 6 heteroatoms. The SMILES string of the molecule is Cc1cnc2nc(Oc3ccc(CCN4CCC(c5ccccn5)CC4)cc3)sc2c1. The van der Waals surface area contributed by atoms with Gasteiger partial charge in [-0.05, 0) is 80.7 Å². The van der Waals surface area contributed by atoms with Crippen LogP contribution in [0, 0.1) is 6.92 Å². The number of aromatic nitrogens is 3. The second kappa shape index (κ2) is 9.12. The predicted octanol–water partition coefficient (Wildman–Crippen LogP) is 5.61. The van der Waals surface area contributed by atoms with Gasteiger partial charge in [0, 0.05) is 30.6 Å². The van der Waals surface area contributed by atoms with Gasteiger partial charge in [0.1, 0.15) is 5.75 Å². The van der Waals surface area contributed by atoms with Gasteiger partial charge < -0.3 is 9.64 Å². The van der Waals surface area contributed by atoms with Gasteiger partial charge in [0.15, 0.2) is 5.65 Å². The van der Waals surface area contributed by atoms with Crippen molar-refractivity contribution in [3.05, 3.63) is 77.7 Å². The van der Waals surface area contributed by atoms with Crippen molar-refractivity contribution in [2.24, 2.45) is 0 Å². The van der Waals surface area contributed by atoms with Crippen molar-refractivity contribution in [2.45, 2.75) is 32.1 Å². The second-order valence-corrected chi connectivity index (χ2v) is 9.17. The summed E-state index contributed by atoms with van der Waals surface area (Å²) < 4.78 is 7.01. The molecule has 4 aromatic rings. The van der Waals surface area contributed by atoms with Gasteiger partial charge in [-0.2, -0.15) is 4.98 Å². The second-order valence-electron chi connectivity index (χ2n) is 8.18. The third-order valence-corrected chi connectivity index (χ3v) is 6.77. The Morgan fingerprint density at radius 3 is 2.68 bits per heavy atom. The molecule has 0 saturated carbocycles. The quantitative estimate of drug-likeness (QED) is 0.398. The molecule has 4 heterocycles. The standard InChI is InChI=1S/C25H26N4OS/c1-18-16-23-24(27-17-18)28-25(31-23)30-21-7-5-19(6-8-21)9-13-29-14-10-20(11-15-29)22-4-2-3-12-26-22/h2-8,12,16-17,20H,9-11,13-15H2,1H3. The van der Waals surface area contributed by atoms with Crippen LogP contribution in [0.15, 0.2) is 60.9 Å². The Hall–Kier alpha value is -2.83. The number of hydrogen-bond acceptors (Lipinski definition) is 6. The Balaban J connectivity index is 1.12. The minimum atomic E-state index is 0.607. The minimum Gasteiger partial charge on any atom is -0.431 e. The Bertz CT molecular complexity index is 1140. The number of ether oxygens (including phenoxy) is 1. The molecule has 0 atom stereocenters. The Morgan fingerprint density at radius 2 is 1.90 bits per heavy atom. The molecule has 0 radical (unpaired) electrons. The van der Waals surface area contributed by atoms with Crippen LogP contribution in [0.2, 0.25) is 0 Å². The molecule has 0 bridgehead atoms. The summed E-state index contributed by atoms with van der Waals surface area (Å²) >= 11 is 1.53. The summed E-state index contributed by atoms with van der Waals surface area (Å²) in [6.45, 7) is 5.42. The molecule has 3 aromatic heterocycles. The molecule has 1 fully saturated rings. The first-order chi connectivity index (χ1) is 15.2. The number of piperidine rings is 1. The fraction of sp³-hybridized carbons (Fsp3) is 0.320. The molecule has 5 nitrogen and oxygen atoms in total. The third-order valence-electron chi connectivity index (χ3n) is 5.90. The lowest BCUT2D eigenvalue weighted by Crippen LogP contribution is -2.34. The molecule has 0 spiro atoms. The molecule has 1 aromatic carbocycles. The zero-order valence-electron chi connectivity index (χ0n) is 17.7. The average Bonchev–Trinajstić information content (AvgIpc) is 3.21. The first-order valence-corrected chi connectivity index (χ1v) is 11.7. The van der Waals surface area contributed by atoms with Crippen LogP contribution in [0.1, 0.15) is 35.6 Å². The minimum absolute atomic E-state index is 0.607. The lowest BCUT2D eigenvalue weighted by molar-refractivity contribution is 0.213. The number of aryl methyl sites for hydroxylation is 1. The first-order valence-electron chi connectivity index (χ1n) is 10.9. The molecule has 0 amide bonds. The highest BCUT2D eigenvalue weighted by Crippen LogP contribution is 2.31. The zero-order valence-corrected chi connectivity index (χ0v) is 18.5. The van der Waals surface area contributed by atoms with E-state index in [9.17, 15) is 0 Å². The Morgan fingerprint density at radius 1 is 1.06 bits per heavy atom. The number of benzene rings is 1. The highest BCUT2D eigenvalue weighted by atomic mass is 32.1. The number of nitrogens with zero attached hydrogens (tertiary/aromatic N) is 4. The fourth-order valence-electron chi connectivity index (χ4n) is 4.12. The van der Waals surface area contributed by atoms with Gasteiger partial charge in [-0.15, -0.1) is 0 Å². The van der Waals surface area contributed by atoms with E-state index < -0.39 is 0 Å². The maximum Gasteiger partial charge on any atom is 0.281 e. The van der Waals surface area contributed by atoms with E-state index in [0.29, 0.717) is 11.1 Å². The van der Waals surface area contributed by atoms with Crippen molar-refractivity contribution in [3.63, 3.8) is 0 Å². The van der Waals surface area contributed by atoms with Crippen LogP contribution in [-0.2, 0) is 6.42 Å². The van der Waals surface area contributed by atoms with E-state index in [1.54, 1.807) is 0 Å². The van der Waals surface area contributed by atoms with Crippen molar-refractivity contribution < 1.29 is 4.74 Å². The van der Waals surface area contributed by atoms with Gasteiger partial charge in [0.05, 0.1) is 4.70 Å². The molecule has 1 aliphatic heterocycles. The van der Waals surface area contributed by atoms with Crippen LogP contribution < -0.4 is 4.74 Å². The van der Waals surface area contributed by atoms with Crippen LogP contribution in [0.3, 0.4) is 0 Å². The molecule has 0 unspecified atom stereocenters. The van der Waals surface area contributed by atoms with E-state index in [1.165, 1.54) is 35.4 Å². The number of hydrogen-bond donors (Lipinski definition) is 0. The Labute approximate surface area is 186 Å². The molecule has 1 aliphatic rings. The van der Waals surface area contributed by atoms with Gasteiger partial charge in [-0.1, -0.05) is 29.5 Å². The molecular weight excluding hydrogens is 404 g/mol. The molecular formula is C25H26N4OS. The largest absolute Gasteiger partial charge is 0.431 e. The van der Waals surface area contributed by atoms with Gasteiger partial charge in [-0.3, -0.25) is 4.98 Å². The first kappa shape index (κ1) is 20.1. The van der Waals surface area contributed by atoms with Crippen LogP contribution in [0.25, 0.3) is 10.3 Å². The molecule has 31 heavy (non-hydrogen) atoms. The molecule has 158 valence electrons. The summed E-state index contributed by atoms with van der Waals surface area (Å²) in [6.07, 6.45) is 7.19. The predicted molar refractivity (Wildman–Crippen MR) is 125 cm³/mol. The number of pyridine rings is 2. The van der Waals surface area contributed by atoms with Crippen LogP contribution >= 0.6 is 11.3 Å². The highest BCUT2D eigenvalue weighted by Gasteiger charge is 2.21. The van der Waals surface area contributed by atoms with Crippen molar-refractivity contribution in [1.82, 2.24) is 19.9 Å². The van der Waals surface area contributed by atoms with Crippen molar-refractivity contribution >= 4 is 21.7 Å². The van der Waals surface area contributed by atoms with E-state index in [4.69, 9.17) is 4.74 Å². The third kappa shape index (κ3) is 4.92. The number of likely N-dealkylation sites (tertiary alicyclic amines) is 1. The van der Waals surface area contributed by atoms with Crippen LogP contribution in [0.4, 0.5) is 0 Å². The smallest absolute Gasteiger partial charge is 0.281 e. The number of fused-ring (bicyclic) bond motifs is 1. The fourth-order valence-corrected chi connectivity index (χ4v) is 5.02. The van der Waals surface area contributed by atoms with Gasteiger partial charge in [0.25, 0.3) is 5.19 Å². The molecule has 5 rings (SSSR count). The summed E-state index contributed by atoms with van der Waals surface area (Å²) in [5, 5.41) is 0.636. The van der Waals surface area contributed by atoms with Crippen LogP contribution in [-0.4, -0.2) is 39.5 Å². The number of thiazole rings is 1. The Kier molecular flexibility index (Phi) is 5.91. The lowest BCUT2D eigenvalue weighted by Gasteiger charge is -2.31. The van der Waals surface area contributed by atoms with E-state index in [0.717, 1.165) is 47.7 Å². The monoisotopic (exact) mass is 430 g/mol. The van der Waals surface area contributed by atoms with Gasteiger partial charge in [0.2, 0.25) is 0 Å².